The molecule has 0 saturated heterocycles. The van der Waals surface area contributed by atoms with Crippen molar-refractivity contribution in [3.63, 3.8) is 0 Å². The number of esters is 1. The average molecular weight is 780 g/mol. The minimum atomic E-state index is -1.18. The molecule has 5 aliphatic carbocycles. The van der Waals surface area contributed by atoms with Crippen LogP contribution in [0.2, 0.25) is 5.02 Å². The highest BCUT2D eigenvalue weighted by atomic mass is 35.5. The predicted molar refractivity (Wildman–Crippen MR) is 214 cm³/mol. The van der Waals surface area contributed by atoms with E-state index in [-0.39, 0.29) is 64.3 Å². The van der Waals surface area contributed by atoms with Crippen LogP contribution in [-0.2, 0) is 30.5 Å². The maximum absolute atomic E-state index is 14.2. The molecule has 5 aliphatic rings. The van der Waals surface area contributed by atoms with Gasteiger partial charge >= 0.3 is 11.9 Å². The summed E-state index contributed by atoms with van der Waals surface area (Å²) >= 11 is 6.29. The molecule has 0 radical (unpaired) electrons. The number of benzene rings is 1. The SMILES string of the molecule is CC(=O)N(Cc1cccc(Cl)c1)C[C@@H](O)[C@]12CC[C@]3(C)[C@H](CC[C@@H]4[C@@]5(C)CC[C@H](OC(=O)CC(C)(C)C(=O)O)C(C)(C)[C@@H]5CC[C@]43C)C1=C(C(C)C)C(=O)C2. The van der Waals surface area contributed by atoms with Gasteiger partial charge < -0.3 is 19.8 Å². The van der Waals surface area contributed by atoms with Gasteiger partial charge in [0.25, 0.3) is 0 Å². The number of nitrogens with zero attached hydrogens (tertiary/aromatic N) is 1. The zero-order valence-corrected chi connectivity index (χ0v) is 35.8. The standard InChI is InChI=1S/C46H66ClNO7/c1-27(2)38-32(50)23-46(35(51)26-48(28(3)49)25-29-12-11-13-30(47)22-29)21-20-44(9)31(39(38)46)14-15-34-43(8)18-17-36(55-37(52)24-41(4,5)40(53)54)42(6,7)33(43)16-19-45(34,44)10/h11-13,22,27,31,33-36,51H,14-21,23-26H2,1-10H3,(H,53,54)/t31-,33+,34-,35-,36+,43+,44-,45-,46-/m1/s1. The first-order valence-electron chi connectivity index (χ1n) is 20.8. The van der Waals surface area contributed by atoms with Gasteiger partial charge in [-0.25, -0.2) is 0 Å². The average Bonchev–Trinajstić information content (AvgIpc) is 3.39. The Morgan fingerprint density at radius 1 is 0.964 bits per heavy atom. The number of rotatable bonds is 10. The van der Waals surface area contributed by atoms with Crippen LogP contribution in [0.4, 0.5) is 0 Å². The summed E-state index contributed by atoms with van der Waals surface area (Å²) in [6.07, 6.45) is 6.32. The molecule has 8 nitrogen and oxygen atoms in total. The summed E-state index contributed by atoms with van der Waals surface area (Å²) < 4.78 is 6.16. The molecule has 55 heavy (non-hydrogen) atoms. The van der Waals surface area contributed by atoms with Gasteiger partial charge in [-0.15, -0.1) is 0 Å². The summed E-state index contributed by atoms with van der Waals surface area (Å²) in [6, 6.07) is 7.48. The van der Waals surface area contributed by atoms with Gasteiger partial charge in [-0.1, -0.05) is 77.8 Å². The summed E-state index contributed by atoms with van der Waals surface area (Å²) in [4.78, 5) is 53.8. The minimum Gasteiger partial charge on any atom is -0.481 e. The van der Waals surface area contributed by atoms with Crippen molar-refractivity contribution in [1.82, 2.24) is 4.90 Å². The molecule has 0 aromatic heterocycles. The summed E-state index contributed by atoms with van der Waals surface area (Å²) in [5, 5.41) is 22.7. The van der Waals surface area contributed by atoms with E-state index in [0.717, 1.165) is 56.1 Å². The fraction of sp³-hybridized carbons (Fsp3) is 0.739. The van der Waals surface area contributed by atoms with E-state index in [1.165, 1.54) is 5.57 Å². The first-order valence-corrected chi connectivity index (χ1v) is 21.2. The number of halogens is 1. The molecule has 9 atom stereocenters. The molecule has 4 saturated carbocycles. The van der Waals surface area contributed by atoms with Crippen LogP contribution in [0.25, 0.3) is 0 Å². The van der Waals surface area contributed by atoms with Gasteiger partial charge in [0.1, 0.15) is 6.10 Å². The molecule has 0 aliphatic heterocycles. The maximum Gasteiger partial charge on any atom is 0.309 e. The topological polar surface area (TPSA) is 121 Å². The number of aliphatic hydroxyl groups excluding tert-OH is 1. The van der Waals surface area contributed by atoms with Crippen molar-refractivity contribution in [3.8, 4) is 0 Å². The highest BCUT2D eigenvalue weighted by Gasteiger charge is 2.71. The van der Waals surface area contributed by atoms with Crippen LogP contribution < -0.4 is 0 Å². The van der Waals surface area contributed by atoms with E-state index in [1.807, 2.05) is 24.3 Å². The van der Waals surface area contributed by atoms with Crippen molar-refractivity contribution in [1.29, 1.82) is 0 Å². The summed E-state index contributed by atoms with van der Waals surface area (Å²) in [5.74, 6) is -0.452. The lowest BCUT2D eigenvalue weighted by Crippen LogP contribution is -2.66. The Morgan fingerprint density at radius 2 is 1.65 bits per heavy atom. The largest absolute Gasteiger partial charge is 0.481 e. The molecule has 0 bridgehead atoms. The number of carboxylic acids is 1. The van der Waals surface area contributed by atoms with Gasteiger partial charge in [-0.3, -0.25) is 19.2 Å². The number of allylic oxidation sites excluding steroid dienone is 1. The number of aliphatic carboxylic acids is 1. The number of carbonyl (C=O) groups excluding carboxylic acids is 3. The van der Waals surface area contributed by atoms with Gasteiger partial charge in [0.2, 0.25) is 5.91 Å². The van der Waals surface area contributed by atoms with Crippen LogP contribution >= 0.6 is 11.6 Å². The molecule has 0 spiro atoms. The van der Waals surface area contributed by atoms with Crippen molar-refractivity contribution < 1.29 is 34.1 Å². The fourth-order valence-corrected chi connectivity index (χ4v) is 13.7. The monoisotopic (exact) mass is 779 g/mol. The molecule has 9 heteroatoms. The Bertz CT molecular complexity index is 1770. The highest BCUT2D eigenvalue weighted by molar-refractivity contribution is 6.30. The second-order valence-corrected chi connectivity index (χ2v) is 21.0. The van der Waals surface area contributed by atoms with Crippen LogP contribution in [0.15, 0.2) is 35.4 Å². The fourth-order valence-electron chi connectivity index (χ4n) is 13.5. The molecular weight excluding hydrogens is 714 g/mol. The third-order valence-electron chi connectivity index (χ3n) is 16.6. The first kappa shape index (κ1) is 41.9. The summed E-state index contributed by atoms with van der Waals surface area (Å²) in [7, 11) is 0. The van der Waals surface area contributed by atoms with Crippen molar-refractivity contribution in [3.05, 3.63) is 46.0 Å². The summed E-state index contributed by atoms with van der Waals surface area (Å²) in [6.45, 7) is 21.4. The molecule has 0 heterocycles. The maximum atomic E-state index is 14.2. The van der Waals surface area contributed by atoms with Crippen LogP contribution in [0.1, 0.15) is 139 Å². The van der Waals surface area contributed by atoms with Gasteiger partial charge in [0, 0.05) is 42.3 Å². The summed E-state index contributed by atoms with van der Waals surface area (Å²) in [5.41, 5.74) is 0.751. The van der Waals surface area contributed by atoms with E-state index in [1.54, 1.807) is 25.7 Å². The predicted octanol–water partition coefficient (Wildman–Crippen LogP) is 9.44. The van der Waals surface area contributed by atoms with E-state index in [4.69, 9.17) is 16.3 Å². The van der Waals surface area contributed by atoms with E-state index in [9.17, 15) is 29.4 Å². The Balaban J connectivity index is 1.29. The lowest BCUT2D eigenvalue weighted by molar-refractivity contribution is -0.235. The minimum absolute atomic E-state index is 0.0118. The molecule has 4 fully saturated rings. The molecule has 1 amide bonds. The Hall–Kier alpha value is -2.71. The lowest BCUT2D eigenvalue weighted by Gasteiger charge is -2.72. The quantitative estimate of drug-likeness (QED) is 0.227. The number of carbonyl (C=O) groups is 4. The second kappa shape index (κ2) is 14.3. The van der Waals surface area contributed by atoms with Crippen LogP contribution in [0.3, 0.4) is 0 Å². The zero-order valence-electron chi connectivity index (χ0n) is 35.0. The Kier molecular flexibility index (Phi) is 10.9. The molecular formula is C46H66ClNO7. The van der Waals surface area contributed by atoms with Crippen molar-refractivity contribution in [2.75, 3.05) is 6.54 Å². The second-order valence-electron chi connectivity index (χ2n) is 20.6. The number of ketones is 1. The van der Waals surface area contributed by atoms with Gasteiger partial charge in [0.15, 0.2) is 5.78 Å². The first-order chi connectivity index (χ1) is 25.4. The molecule has 1 aromatic rings. The van der Waals surface area contributed by atoms with Crippen molar-refractivity contribution in [2.24, 2.45) is 56.2 Å². The Morgan fingerprint density at radius 3 is 2.27 bits per heavy atom. The van der Waals surface area contributed by atoms with Crippen LogP contribution in [-0.4, -0.2) is 57.5 Å². The number of aliphatic hydroxyl groups is 1. The van der Waals surface area contributed by atoms with E-state index in [0.29, 0.717) is 36.2 Å². The van der Waals surface area contributed by atoms with Gasteiger partial charge in [-0.05, 0) is 128 Å². The number of carboxylic acid groups (broad SMARTS) is 1. The number of ether oxygens (including phenoxy) is 1. The third kappa shape index (κ3) is 6.71. The van der Waals surface area contributed by atoms with E-state index < -0.39 is 28.9 Å². The van der Waals surface area contributed by atoms with Crippen LogP contribution in [0, 0.1) is 56.2 Å². The van der Waals surface area contributed by atoms with E-state index >= 15 is 0 Å². The Labute approximate surface area is 334 Å². The highest BCUT2D eigenvalue weighted by Crippen LogP contribution is 2.77. The number of hydrogen-bond donors (Lipinski definition) is 2. The molecule has 304 valence electrons. The van der Waals surface area contributed by atoms with Gasteiger partial charge in [-0.2, -0.15) is 0 Å². The smallest absolute Gasteiger partial charge is 0.309 e. The normalized spacial score (nSPS) is 36.0. The van der Waals surface area contributed by atoms with Crippen LogP contribution in [0.5, 0.6) is 0 Å². The van der Waals surface area contributed by atoms with Gasteiger partial charge in [0.05, 0.1) is 17.9 Å². The van der Waals surface area contributed by atoms with Crippen molar-refractivity contribution >= 4 is 35.2 Å². The lowest BCUT2D eigenvalue weighted by atomic mass is 9.33. The number of hydrogen-bond acceptors (Lipinski definition) is 6. The molecule has 2 N–H and O–H groups in total. The number of Topliss-reactive ketones (excluding diaryl/α,β-unsaturated/α-hetero) is 1. The molecule has 1 aromatic carbocycles. The van der Waals surface area contributed by atoms with Crippen molar-refractivity contribution in [2.45, 2.75) is 152 Å². The molecule has 0 unspecified atom stereocenters. The third-order valence-corrected chi connectivity index (χ3v) is 16.8. The number of fused-ring (bicyclic) bond motifs is 7. The zero-order chi connectivity index (χ0) is 40.7. The molecule has 6 rings (SSSR count). The van der Waals surface area contributed by atoms with E-state index in [2.05, 4.69) is 48.5 Å². The number of amides is 1.